The molecular weight excluding hydrogens is 711 g/mol. The number of carbonyl (C=O) groups excluding carboxylic acids is 1. The first-order chi connectivity index (χ1) is 22.3. The molecule has 244 valence electrons. The number of nitrogens with zero attached hydrogens (tertiary/aromatic N) is 5. The molecule has 1 atom stereocenters. The van der Waals surface area contributed by atoms with Crippen molar-refractivity contribution in [2.75, 3.05) is 10.7 Å². The lowest BCUT2D eigenvalue weighted by molar-refractivity contribution is -0.274. The molecule has 1 unspecified atom stereocenters. The Morgan fingerprint density at radius 3 is 2.47 bits per heavy atom. The Morgan fingerprint density at radius 1 is 1.11 bits per heavy atom. The van der Waals surface area contributed by atoms with Crippen molar-refractivity contribution in [3.05, 3.63) is 94.2 Å². The molecule has 3 aromatic carbocycles. The van der Waals surface area contributed by atoms with Crippen molar-refractivity contribution in [2.24, 2.45) is 10.9 Å². The van der Waals surface area contributed by atoms with Crippen LogP contribution in [0.2, 0.25) is 0 Å². The van der Waals surface area contributed by atoms with Crippen molar-refractivity contribution in [1.82, 2.24) is 14.8 Å². The van der Waals surface area contributed by atoms with Crippen LogP contribution in [0.25, 0.3) is 23.2 Å². The number of aryl methyl sites for hydroxylation is 1. The summed E-state index contributed by atoms with van der Waals surface area (Å²) >= 11 is 10.8. The number of carbonyl (C=O) groups is 1. The van der Waals surface area contributed by atoms with Crippen molar-refractivity contribution >= 4 is 67.7 Å². The van der Waals surface area contributed by atoms with Crippen LogP contribution in [-0.4, -0.2) is 42.9 Å². The Bertz CT molecular complexity index is 1840. The second kappa shape index (κ2) is 14.5. The van der Waals surface area contributed by atoms with Gasteiger partial charge in [-0.05, 0) is 76.3 Å². The molecule has 5 rings (SSSR count). The molecule has 2 heterocycles. The quantitative estimate of drug-likeness (QED) is 0.159. The summed E-state index contributed by atoms with van der Waals surface area (Å²) in [6.07, 6.45) is -0.719. The van der Waals surface area contributed by atoms with Gasteiger partial charge in [0.1, 0.15) is 17.1 Å². The van der Waals surface area contributed by atoms with Crippen molar-refractivity contribution in [3.8, 4) is 22.8 Å². The number of aromatic nitrogens is 3. The molecule has 4 aromatic rings. The van der Waals surface area contributed by atoms with Gasteiger partial charge in [0.25, 0.3) is 0 Å². The van der Waals surface area contributed by atoms with E-state index in [0.717, 1.165) is 32.4 Å². The van der Waals surface area contributed by atoms with Crippen LogP contribution in [0.4, 0.5) is 18.9 Å². The van der Waals surface area contributed by atoms with E-state index in [4.69, 9.17) is 17.2 Å². The van der Waals surface area contributed by atoms with Gasteiger partial charge in [-0.25, -0.2) is 14.7 Å². The fraction of sp³-hybridized carbons (Fsp3) is 0.265. The molecule has 1 fully saturated rings. The van der Waals surface area contributed by atoms with Gasteiger partial charge in [0.05, 0.1) is 17.1 Å². The van der Waals surface area contributed by atoms with Gasteiger partial charge >= 0.3 is 6.36 Å². The molecule has 0 radical (unpaired) electrons. The number of hydrogen-bond acceptors (Lipinski definition) is 6. The third-order valence-corrected chi connectivity index (χ3v) is 9.48. The SMILES string of the molecule is Cc1ccc(C(C)C)c(N2C(=O)CSC2=NC(=S)CC(C)/C(Br)=C\c2ccc(-c3ncn(-c4ccc(OC(F)(F)F)cc4)n3)cc2)c1. The van der Waals surface area contributed by atoms with E-state index in [-0.39, 0.29) is 23.5 Å². The summed E-state index contributed by atoms with van der Waals surface area (Å²) in [5, 5.41) is 5.07. The van der Waals surface area contributed by atoms with Gasteiger partial charge in [-0.2, -0.15) is 0 Å². The average molecular weight is 743 g/mol. The van der Waals surface area contributed by atoms with Gasteiger partial charge in [-0.15, -0.1) is 18.3 Å². The highest BCUT2D eigenvalue weighted by Crippen LogP contribution is 2.35. The molecule has 1 amide bonds. The van der Waals surface area contributed by atoms with Crippen LogP contribution < -0.4 is 9.64 Å². The number of thiocarbonyl (C=S) groups is 1. The zero-order chi connectivity index (χ0) is 33.9. The number of hydrogen-bond donors (Lipinski definition) is 0. The highest BCUT2D eigenvalue weighted by Gasteiger charge is 2.32. The second-order valence-corrected chi connectivity index (χ2v) is 13.7. The fourth-order valence-corrected chi connectivity index (χ4v) is 6.59. The van der Waals surface area contributed by atoms with E-state index in [1.165, 1.54) is 47.0 Å². The highest BCUT2D eigenvalue weighted by molar-refractivity contribution is 9.11. The van der Waals surface area contributed by atoms with Crippen LogP contribution >= 0.6 is 39.9 Å². The van der Waals surface area contributed by atoms with Crippen LogP contribution in [0.5, 0.6) is 5.75 Å². The minimum Gasteiger partial charge on any atom is -0.406 e. The molecule has 0 saturated carbocycles. The van der Waals surface area contributed by atoms with E-state index in [1.807, 2.05) is 43.3 Å². The van der Waals surface area contributed by atoms with Crippen LogP contribution in [-0.2, 0) is 4.79 Å². The minimum atomic E-state index is -4.75. The zero-order valence-electron chi connectivity index (χ0n) is 26.0. The number of halogens is 4. The molecule has 47 heavy (non-hydrogen) atoms. The maximum Gasteiger partial charge on any atom is 0.573 e. The van der Waals surface area contributed by atoms with E-state index in [1.54, 1.807) is 4.90 Å². The number of amidine groups is 1. The molecule has 0 aliphatic carbocycles. The lowest BCUT2D eigenvalue weighted by Crippen LogP contribution is -2.31. The van der Waals surface area contributed by atoms with Gasteiger partial charge in [0, 0.05) is 12.0 Å². The number of alkyl halides is 3. The number of benzene rings is 3. The first kappa shape index (κ1) is 34.5. The second-order valence-electron chi connectivity index (χ2n) is 11.3. The molecule has 1 saturated heterocycles. The predicted molar refractivity (Wildman–Crippen MR) is 189 cm³/mol. The average Bonchev–Trinajstić information content (AvgIpc) is 3.64. The van der Waals surface area contributed by atoms with Crippen LogP contribution in [0.15, 0.2) is 82.5 Å². The molecule has 0 spiro atoms. The smallest absolute Gasteiger partial charge is 0.406 e. The highest BCUT2D eigenvalue weighted by atomic mass is 79.9. The number of anilines is 1. The monoisotopic (exact) mass is 741 g/mol. The summed E-state index contributed by atoms with van der Waals surface area (Å²) in [6, 6.07) is 19.2. The molecule has 1 aliphatic heterocycles. The summed E-state index contributed by atoms with van der Waals surface area (Å²) in [7, 11) is 0. The van der Waals surface area contributed by atoms with E-state index >= 15 is 0 Å². The van der Waals surface area contributed by atoms with Crippen LogP contribution in [0.3, 0.4) is 0 Å². The number of ether oxygens (including phenoxy) is 1. The van der Waals surface area contributed by atoms with Gasteiger partial charge in [0.15, 0.2) is 11.0 Å². The number of allylic oxidation sites excluding steroid dienone is 1. The summed E-state index contributed by atoms with van der Waals surface area (Å²) < 4.78 is 43.7. The topological polar surface area (TPSA) is 72.6 Å². The van der Waals surface area contributed by atoms with Crippen LogP contribution in [0, 0.1) is 12.8 Å². The maximum absolute atomic E-state index is 12.9. The fourth-order valence-electron chi connectivity index (χ4n) is 4.88. The minimum absolute atomic E-state index is 0.00259. The Hall–Kier alpha value is -3.81. The van der Waals surface area contributed by atoms with Gasteiger partial charge in [-0.1, -0.05) is 97.1 Å². The Kier molecular flexibility index (Phi) is 10.7. The van der Waals surface area contributed by atoms with Crippen molar-refractivity contribution in [2.45, 2.75) is 46.4 Å². The van der Waals surface area contributed by atoms with Gasteiger partial charge in [0.2, 0.25) is 5.91 Å². The number of aliphatic imine (C=N–C) groups is 1. The largest absolute Gasteiger partial charge is 0.573 e. The predicted octanol–water partition coefficient (Wildman–Crippen LogP) is 9.49. The third-order valence-electron chi connectivity index (χ3n) is 7.29. The Labute approximate surface area is 289 Å². The molecule has 0 bridgehead atoms. The Morgan fingerprint density at radius 2 is 1.81 bits per heavy atom. The lowest BCUT2D eigenvalue weighted by Gasteiger charge is -2.22. The molecule has 1 aliphatic rings. The number of rotatable bonds is 9. The number of amides is 1. The summed E-state index contributed by atoms with van der Waals surface area (Å²) in [6.45, 7) is 8.29. The Balaban J connectivity index is 1.23. The molecule has 7 nitrogen and oxygen atoms in total. The summed E-state index contributed by atoms with van der Waals surface area (Å²) in [5.74, 6) is 0.768. The molecule has 13 heteroatoms. The van der Waals surface area contributed by atoms with Crippen molar-refractivity contribution in [3.63, 3.8) is 0 Å². The standard InChI is InChI=1S/C34H31BrF3N5O2S2/c1-20(2)27-14-5-21(3)15-29(27)43-31(44)18-47-33(43)40-30(46)16-22(4)28(35)17-23-6-8-24(9-7-23)32-39-19-42(41-32)25-10-12-26(13-11-25)45-34(36,37)38/h5-15,17,19-20,22H,16,18H2,1-4H3/b28-17+,40-33?. The van der Waals surface area contributed by atoms with Crippen LogP contribution in [0.1, 0.15) is 49.8 Å². The first-order valence-electron chi connectivity index (χ1n) is 14.7. The zero-order valence-corrected chi connectivity index (χ0v) is 29.2. The normalized spacial score (nSPS) is 15.5. The van der Waals surface area contributed by atoms with E-state index < -0.39 is 6.36 Å². The first-order valence-corrected chi connectivity index (χ1v) is 16.9. The van der Waals surface area contributed by atoms with Crippen molar-refractivity contribution in [1.29, 1.82) is 0 Å². The van der Waals surface area contributed by atoms with E-state index in [9.17, 15) is 18.0 Å². The molecule has 1 aromatic heterocycles. The number of thioether (sulfide) groups is 1. The molecule has 0 N–H and O–H groups in total. The summed E-state index contributed by atoms with van der Waals surface area (Å²) in [4.78, 5) is 24.2. The van der Waals surface area contributed by atoms with Crippen molar-refractivity contribution < 1.29 is 22.7 Å². The lowest BCUT2D eigenvalue weighted by atomic mass is 9.99. The third kappa shape index (κ3) is 8.76. The maximum atomic E-state index is 12.9. The van der Waals surface area contributed by atoms with Gasteiger partial charge < -0.3 is 4.74 Å². The molecular formula is C34H31BrF3N5O2S2. The van der Waals surface area contributed by atoms with E-state index in [0.29, 0.717) is 33.8 Å². The van der Waals surface area contributed by atoms with Gasteiger partial charge in [-0.3, -0.25) is 9.69 Å². The summed E-state index contributed by atoms with van der Waals surface area (Å²) in [5.41, 5.74) is 5.30. The van der Waals surface area contributed by atoms with E-state index in [2.05, 4.69) is 63.7 Å².